The lowest BCUT2D eigenvalue weighted by atomic mass is 9.98. The van der Waals surface area contributed by atoms with Crippen molar-refractivity contribution in [3.8, 4) is 0 Å². The lowest BCUT2D eigenvalue weighted by molar-refractivity contribution is 0.0506. The van der Waals surface area contributed by atoms with Crippen molar-refractivity contribution in [1.29, 1.82) is 0 Å². The number of carbonyl (C=O) groups excluding carboxylic acids is 1. The fraction of sp³-hybridized carbons (Fsp3) is 0.933. The highest BCUT2D eigenvalue weighted by atomic mass is 16.6. The molecule has 0 aromatic heterocycles. The molecule has 20 heavy (non-hydrogen) atoms. The maximum atomic E-state index is 11.6. The van der Waals surface area contributed by atoms with Crippen molar-refractivity contribution in [1.82, 2.24) is 16.0 Å². The topological polar surface area (TPSA) is 62.4 Å². The number of amides is 1. The second kappa shape index (κ2) is 8.47. The number of nitrogens with one attached hydrogen (secondary N) is 3. The molecule has 0 aliphatic carbocycles. The molecular weight excluding hydrogens is 254 g/mol. The summed E-state index contributed by atoms with van der Waals surface area (Å²) in [6.45, 7) is 11.9. The van der Waals surface area contributed by atoms with E-state index in [1.54, 1.807) is 0 Å². The Morgan fingerprint density at radius 1 is 1.35 bits per heavy atom. The van der Waals surface area contributed by atoms with Gasteiger partial charge in [-0.05, 0) is 79.1 Å². The molecule has 0 aromatic rings. The van der Waals surface area contributed by atoms with Gasteiger partial charge in [0.2, 0.25) is 0 Å². The van der Waals surface area contributed by atoms with Gasteiger partial charge in [0.15, 0.2) is 0 Å². The molecule has 0 saturated carbocycles. The van der Waals surface area contributed by atoms with Crippen molar-refractivity contribution in [2.45, 2.75) is 58.6 Å². The molecule has 1 rings (SSSR count). The van der Waals surface area contributed by atoms with E-state index in [1.807, 2.05) is 27.7 Å². The summed E-state index contributed by atoms with van der Waals surface area (Å²) in [6.07, 6.45) is 3.12. The minimum Gasteiger partial charge on any atom is -0.444 e. The number of carbonyl (C=O) groups is 1. The van der Waals surface area contributed by atoms with Crippen LogP contribution < -0.4 is 16.0 Å². The lowest BCUT2D eigenvalue weighted by Crippen LogP contribution is -2.39. The van der Waals surface area contributed by atoms with E-state index in [4.69, 9.17) is 4.74 Å². The number of alkyl carbamates (subject to hydrolysis) is 1. The second-order valence-electron chi connectivity index (χ2n) is 6.73. The molecule has 0 aromatic carbocycles. The molecule has 0 bridgehead atoms. The van der Waals surface area contributed by atoms with E-state index in [9.17, 15) is 4.79 Å². The van der Waals surface area contributed by atoms with Crippen LogP contribution in [0.15, 0.2) is 0 Å². The van der Waals surface area contributed by atoms with Crippen molar-refractivity contribution < 1.29 is 9.53 Å². The van der Waals surface area contributed by atoms with E-state index in [0.717, 1.165) is 38.5 Å². The minimum atomic E-state index is -0.433. The Labute approximate surface area is 123 Å². The molecule has 1 aliphatic rings. The number of hydrogen-bond acceptors (Lipinski definition) is 4. The Balaban J connectivity index is 2.04. The van der Waals surface area contributed by atoms with Crippen molar-refractivity contribution in [2.24, 2.45) is 5.92 Å². The second-order valence-corrected chi connectivity index (χ2v) is 6.73. The molecule has 1 atom stereocenters. The van der Waals surface area contributed by atoms with Gasteiger partial charge in [-0.2, -0.15) is 0 Å². The highest BCUT2D eigenvalue weighted by molar-refractivity contribution is 5.67. The fourth-order valence-corrected chi connectivity index (χ4v) is 2.29. The summed E-state index contributed by atoms with van der Waals surface area (Å²) >= 11 is 0. The van der Waals surface area contributed by atoms with Gasteiger partial charge in [-0.25, -0.2) is 4.79 Å². The van der Waals surface area contributed by atoms with E-state index in [2.05, 4.69) is 16.0 Å². The molecule has 0 spiro atoms. The molecule has 1 aliphatic heterocycles. The summed E-state index contributed by atoms with van der Waals surface area (Å²) in [5.41, 5.74) is -0.433. The molecule has 118 valence electrons. The Kier molecular flexibility index (Phi) is 7.30. The third-order valence-corrected chi connectivity index (χ3v) is 3.41. The third kappa shape index (κ3) is 8.38. The molecule has 1 saturated heterocycles. The predicted molar refractivity (Wildman–Crippen MR) is 81.9 cm³/mol. The molecule has 1 unspecified atom stereocenters. The van der Waals surface area contributed by atoms with Gasteiger partial charge in [-0.15, -0.1) is 0 Å². The molecular formula is C15H31N3O2. The SMILES string of the molecule is CC(CCNCC1CCNCC1)NC(=O)OC(C)(C)C. The first-order valence-electron chi connectivity index (χ1n) is 7.78. The maximum Gasteiger partial charge on any atom is 0.407 e. The Morgan fingerprint density at radius 2 is 2.00 bits per heavy atom. The average molecular weight is 285 g/mol. The van der Waals surface area contributed by atoms with Gasteiger partial charge in [-0.1, -0.05) is 0 Å². The van der Waals surface area contributed by atoms with Gasteiger partial charge in [0.05, 0.1) is 0 Å². The molecule has 0 radical (unpaired) electrons. The van der Waals surface area contributed by atoms with E-state index < -0.39 is 5.60 Å². The number of rotatable bonds is 6. The first-order chi connectivity index (χ1) is 9.37. The zero-order valence-electron chi connectivity index (χ0n) is 13.4. The number of piperidine rings is 1. The molecule has 1 amide bonds. The summed E-state index contributed by atoms with van der Waals surface area (Å²) in [4.78, 5) is 11.6. The van der Waals surface area contributed by atoms with Crippen LogP contribution in [0.4, 0.5) is 4.79 Å². The number of ether oxygens (including phenoxy) is 1. The van der Waals surface area contributed by atoms with Gasteiger partial charge < -0.3 is 20.7 Å². The summed E-state index contributed by atoms with van der Waals surface area (Å²) in [5.74, 6) is 0.797. The molecule has 5 heteroatoms. The summed E-state index contributed by atoms with van der Waals surface area (Å²) in [5, 5.41) is 9.73. The normalized spacial score (nSPS) is 18.6. The van der Waals surface area contributed by atoms with Crippen LogP contribution in [-0.2, 0) is 4.74 Å². The van der Waals surface area contributed by atoms with Crippen LogP contribution >= 0.6 is 0 Å². The van der Waals surface area contributed by atoms with Crippen molar-refractivity contribution in [2.75, 3.05) is 26.2 Å². The first kappa shape index (κ1) is 17.2. The van der Waals surface area contributed by atoms with Crippen molar-refractivity contribution >= 4 is 6.09 Å². The minimum absolute atomic E-state index is 0.130. The van der Waals surface area contributed by atoms with Crippen LogP contribution in [0, 0.1) is 5.92 Å². The first-order valence-corrected chi connectivity index (χ1v) is 7.78. The Bertz CT molecular complexity index is 283. The van der Waals surface area contributed by atoms with Gasteiger partial charge in [0.25, 0.3) is 0 Å². The van der Waals surface area contributed by atoms with Crippen LogP contribution in [-0.4, -0.2) is 43.9 Å². The maximum absolute atomic E-state index is 11.6. The van der Waals surface area contributed by atoms with E-state index in [-0.39, 0.29) is 12.1 Å². The van der Waals surface area contributed by atoms with Gasteiger partial charge >= 0.3 is 6.09 Å². The van der Waals surface area contributed by atoms with E-state index in [0.29, 0.717) is 0 Å². The molecule has 1 heterocycles. The molecule has 5 nitrogen and oxygen atoms in total. The summed E-state index contributed by atoms with van der Waals surface area (Å²) in [7, 11) is 0. The van der Waals surface area contributed by atoms with E-state index >= 15 is 0 Å². The standard InChI is InChI=1S/C15H31N3O2/c1-12(18-14(19)20-15(2,3)4)5-8-17-11-13-6-9-16-10-7-13/h12-13,16-17H,5-11H2,1-4H3,(H,18,19). The third-order valence-electron chi connectivity index (χ3n) is 3.41. The van der Waals surface area contributed by atoms with Gasteiger partial charge in [0, 0.05) is 6.04 Å². The Hall–Kier alpha value is -0.810. The van der Waals surface area contributed by atoms with Crippen molar-refractivity contribution in [3.63, 3.8) is 0 Å². The highest BCUT2D eigenvalue weighted by Crippen LogP contribution is 2.10. The lowest BCUT2D eigenvalue weighted by Gasteiger charge is -2.24. The summed E-state index contributed by atoms with van der Waals surface area (Å²) in [6, 6.07) is 0.130. The van der Waals surface area contributed by atoms with E-state index in [1.165, 1.54) is 12.8 Å². The van der Waals surface area contributed by atoms with Crippen LogP contribution in [0.1, 0.15) is 47.0 Å². The smallest absolute Gasteiger partial charge is 0.407 e. The van der Waals surface area contributed by atoms with Crippen LogP contribution in [0.5, 0.6) is 0 Å². The zero-order valence-corrected chi connectivity index (χ0v) is 13.4. The molecule has 1 fully saturated rings. The predicted octanol–water partition coefficient (Wildman–Crippen LogP) is 1.88. The van der Waals surface area contributed by atoms with Gasteiger partial charge in [-0.3, -0.25) is 0 Å². The largest absolute Gasteiger partial charge is 0.444 e. The quantitative estimate of drug-likeness (QED) is 0.652. The van der Waals surface area contributed by atoms with Gasteiger partial charge in [0.1, 0.15) is 5.60 Å². The van der Waals surface area contributed by atoms with Crippen LogP contribution in [0.25, 0.3) is 0 Å². The highest BCUT2D eigenvalue weighted by Gasteiger charge is 2.17. The fourth-order valence-electron chi connectivity index (χ4n) is 2.29. The Morgan fingerprint density at radius 3 is 2.60 bits per heavy atom. The summed E-state index contributed by atoms with van der Waals surface area (Å²) < 4.78 is 5.23. The number of hydrogen-bond donors (Lipinski definition) is 3. The van der Waals surface area contributed by atoms with Crippen LogP contribution in [0.3, 0.4) is 0 Å². The van der Waals surface area contributed by atoms with Crippen LogP contribution in [0.2, 0.25) is 0 Å². The molecule has 3 N–H and O–H groups in total. The zero-order chi connectivity index (χ0) is 15.0. The average Bonchev–Trinajstić information content (AvgIpc) is 2.33. The van der Waals surface area contributed by atoms with Crippen molar-refractivity contribution in [3.05, 3.63) is 0 Å². The monoisotopic (exact) mass is 285 g/mol.